The highest BCUT2D eigenvalue weighted by atomic mass is 15.1. The second kappa shape index (κ2) is 9.48. The average molecular weight is 421 g/mol. The lowest BCUT2D eigenvalue weighted by Crippen LogP contribution is -2.31. The molecule has 0 saturated heterocycles. The SMILES string of the molecule is Cc1ccc(-c2nccn2-c2ccccc2)c(NBc2c(C(C)C)cccc2C(C)C)c1. The lowest BCUT2D eigenvalue weighted by molar-refractivity contribution is 0.845. The van der Waals surface area contributed by atoms with Crippen LogP contribution in [0.15, 0.2) is 79.1 Å². The summed E-state index contributed by atoms with van der Waals surface area (Å²) in [5, 5.41) is 3.77. The fourth-order valence-corrected chi connectivity index (χ4v) is 4.39. The monoisotopic (exact) mass is 421 g/mol. The zero-order valence-electron chi connectivity index (χ0n) is 19.8. The number of rotatable bonds is 7. The van der Waals surface area contributed by atoms with Gasteiger partial charge in [-0.25, -0.2) is 4.98 Å². The van der Waals surface area contributed by atoms with E-state index in [0.717, 1.165) is 30.2 Å². The molecule has 0 amide bonds. The standard InChI is InChI=1S/C28H32BN3/c1-19(2)23-12-9-13-24(20(3)4)27(23)29-31-26-18-21(5)14-15-25(26)28-30-16-17-32(28)22-10-7-6-8-11-22/h6-20,29,31H,1-5H3. The van der Waals surface area contributed by atoms with E-state index in [1.165, 1.54) is 22.2 Å². The van der Waals surface area contributed by atoms with Gasteiger partial charge in [-0.1, -0.05) is 75.6 Å². The highest BCUT2D eigenvalue weighted by molar-refractivity contribution is 6.58. The van der Waals surface area contributed by atoms with Gasteiger partial charge < -0.3 is 5.23 Å². The van der Waals surface area contributed by atoms with Crippen molar-refractivity contribution >= 4 is 18.6 Å². The number of para-hydroxylation sites is 1. The van der Waals surface area contributed by atoms with Gasteiger partial charge in [0.1, 0.15) is 5.82 Å². The average Bonchev–Trinajstić information content (AvgIpc) is 3.27. The number of hydrogen-bond donors (Lipinski definition) is 1. The van der Waals surface area contributed by atoms with Crippen LogP contribution in [0.3, 0.4) is 0 Å². The summed E-state index contributed by atoms with van der Waals surface area (Å²) in [6.45, 7) is 11.2. The van der Waals surface area contributed by atoms with E-state index >= 15 is 0 Å². The Hall–Kier alpha value is -3.27. The van der Waals surface area contributed by atoms with Crippen molar-refractivity contribution in [1.82, 2.24) is 9.55 Å². The Morgan fingerprint density at radius 2 is 1.53 bits per heavy atom. The lowest BCUT2D eigenvalue weighted by Gasteiger charge is -2.21. The van der Waals surface area contributed by atoms with Gasteiger partial charge in [0.25, 0.3) is 7.41 Å². The summed E-state index contributed by atoms with van der Waals surface area (Å²) in [6.07, 6.45) is 3.90. The van der Waals surface area contributed by atoms with Gasteiger partial charge in [-0.2, -0.15) is 0 Å². The van der Waals surface area contributed by atoms with Crippen LogP contribution in [-0.2, 0) is 0 Å². The van der Waals surface area contributed by atoms with Crippen molar-refractivity contribution in [3.63, 3.8) is 0 Å². The highest BCUT2D eigenvalue weighted by Crippen LogP contribution is 2.30. The Balaban J connectivity index is 1.73. The summed E-state index contributed by atoms with van der Waals surface area (Å²) in [5.74, 6) is 1.92. The molecule has 0 bridgehead atoms. The predicted octanol–water partition coefficient (Wildman–Crippen LogP) is 6.18. The summed E-state index contributed by atoms with van der Waals surface area (Å²) in [6, 6.07) is 23.7. The molecule has 0 aliphatic heterocycles. The Morgan fingerprint density at radius 3 is 2.19 bits per heavy atom. The molecule has 0 spiro atoms. The molecule has 0 fully saturated rings. The van der Waals surface area contributed by atoms with Crippen LogP contribution >= 0.6 is 0 Å². The Morgan fingerprint density at radius 1 is 0.844 bits per heavy atom. The third kappa shape index (κ3) is 4.50. The molecule has 32 heavy (non-hydrogen) atoms. The van der Waals surface area contributed by atoms with E-state index in [1.54, 1.807) is 0 Å². The molecule has 0 atom stereocenters. The lowest BCUT2D eigenvalue weighted by atomic mass is 9.71. The number of aryl methyl sites for hydroxylation is 1. The fraction of sp³-hybridized carbons (Fsp3) is 0.250. The fourth-order valence-electron chi connectivity index (χ4n) is 4.39. The Kier molecular flexibility index (Phi) is 6.50. The molecule has 0 radical (unpaired) electrons. The van der Waals surface area contributed by atoms with Crippen LogP contribution in [0.25, 0.3) is 17.1 Å². The van der Waals surface area contributed by atoms with Crippen molar-refractivity contribution in [3.8, 4) is 17.1 Å². The van der Waals surface area contributed by atoms with Crippen LogP contribution < -0.4 is 10.7 Å². The summed E-state index contributed by atoms with van der Waals surface area (Å²) < 4.78 is 2.15. The highest BCUT2D eigenvalue weighted by Gasteiger charge is 2.17. The molecule has 4 heteroatoms. The van der Waals surface area contributed by atoms with E-state index in [9.17, 15) is 0 Å². The molecule has 4 aromatic rings. The van der Waals surface area contributed by atoms with Crippen molar-refractivity contribution < 1.29 is 0 Å². The topological polar surface area (TPSA) is 29.9 Å². The van der Waals surface area contributed by atoms with Crippen molar-refractivity contribution in [2.24, 2.45) is 0 Å². The smallest absolute Gasteiger partial charge is 0.267 e. The maximum Gasteiger partial charge on any atom is 0.267 e. The number of aromatic nitrogens is 2. The van der Waals surface area contributed by atoms with Gasteiger partial charge in [0.05, 0.1) is 0 Å². The van der Waals surface area contributed by atoms with Crippen molar-refractivity contribution in [1.29, 1.82) is 0 Å². The number of imidazole rings is 1. The molecule has 0 aliphatic carbocycles. The van der Waals surface area contributed by atoms with E-state index in [-0.39, 0.29) is 0 Å². The van der Waals surface area contributed by atoms with E-state index in [0.29, 0.717) is 11.8 Å². The quantitative estimate of drug-likeness (QED) is 0.361. The molecule has 3 aromatic carbocycles. The van der Waals surface area contributed by atoms with Crippen LogP contribution in [0.5, 0.6) is 0 Å². The summed E-state index contributed by atoms with van der Waals surface area (Å²) in [4.78, 5) is 4.72. The number of hydrogen-bond acceptors (Lipinski definition) is 2. The van der Waals surface area contributed by atoms with E-state index in [4.69, 9.17) is 4.98 Å². The maximum atomic E-state index is 4.72. The van der Waals surface area contributed by atoms with Gasteiger partial charge in [0, 0.05) is 29.3 Å². The van der Waals surface area contributed by atoms with Crippen LogP contribution in [0.4, 0.5) is 5.69 Å². The minimum absolute atomic E-state index is 0.486. The number of anilines is 1. The van der Waals surface area contributed by atoms with Gasteiger partial charge in [-0.05, 0) is 59.7 Å². The molecular formula is C28H32BN3. The van der Waals surface area contributed by atoms with Crippen molar-refractivity contribution in [3.05, 3.63) is 95.8 Å². The third-order valence-electron chi connectivity index (χ3n) is 6.04. The van der Waals surface area contributed by atoms with Gasteiger partial charge in [0.2, 0.25) is 0 Å². The minimum Gasteiger partial charge on any atom is -0.426 e. The first-order valence-electron chi connectivity index (χ1n) is 11.5. The van der Waals surface area contributed by atoms with E-state index in [1.807, 2.05) is 18.5 Å². The molecule has 162 valence electrons. The second-order valence-electron chi connectivity index (χ2n) is 9.08. The van der Waals surface area contributed by atoms with E-state index in [2.05, 4.69) is 105 Å². The molecule has 1 N–H and O–H groups in total. The Bertz CT molecular complexity index is 1170. The summed E-state index contributed by atoms with van der Waals surface area (Å²) in [5.41, 5.74) is 8.82. The zero-order chi connectivity index (χ0) is 22.7. The first-order chi connectivity index (χ1) is 15.5. The summed E-state index contributed by atoms with van der Waals surface area (Å²) in [7, 11) is 0.796. The van der Waals surface area contributed by atoms with Gasteiger partial charge in [0.15, 0.2) is 0 Å². The van der Waals surface area contributed by atoms with Gasteiger partial charge >= 0.3 is 0 Å². The molecular weight excluding hydrogens is 389 g/mol. The largest absolute Gasteiger partial charge is 0.426 e. The molecule has 0 saturated carbocycles. The van der Waals surface area contributed by atoms with Crippen LogP contribution in [0.1, 0.15) is 56.2 Å². The molecule has 1 heterocycles. The second-order valence-corrected chi connectivity index (χ2v) is 9.08. The van der Waals surface area contributed by atoms with Gasteiger partial charge in [-0.3, -0.25) is 4.57 Å². The number of nitrogens with zero attached hydrogens (tertiary/aromatic N) is 2. The maximum absolute atomic E-state index is 4.72. The number of nitrogens with one attached hydrogen (secondary N) is 1. The molecule has 0 aliphatic rings. The number of benzene rings is 3. The summed E-state index contributed by atoms with van der Waals surface area (Å²) >= 11 is 0. The molecule has 1 aromatic heterocycles. The minimum atomic E-state index is 0.486. The zero-order valence-corrected chi connectivity index (χ0v) is 19.8. The molecule has 0 unspecified atom stereocenters. The normalized spacial score (nSPS) is 11.2. The molecule has 3 nitrogen and oxygen atoms in total. The third-order valence-corrected chi connectivity index (χ3v) is 6.04. The predicted molar refractivity (Wildman–Crippen MR) is 139 cm³/mol. The van der Waals surface area contributed by atoms with Crippen LogP contribution in [0, 0.1) is 6.92 Å². The first kappa shape index (κ1) is 21.9. The van der Waals surface area contributed by atoms with Crippen LogP contribution in [-0.4, -0.2) is 17.0 Å². The Labute approximate surface area is 192 Å². The van der Waals surface area contributed by atoms with E-state index < -0.39 is 0 Å². The van der Waals surface area contributed by atoms with Crippen LogP contribution in [0.2, 0.25) is 0 Å². The first-order valence-corrected chi connectivity index (χ1v) is 11.5. The van der Waals surface area contributed by atoms with Gasteiger partial charge in [-0.15, -0.1) is 0 Å². The van der Waals surface area contributed by atoms with Crippen molar-refractivity contribution in [2.45, 2.75) is 46.5 Å². The molecule has 4 rings (SSSR count). The van der Waals surface area contributed by atoms with Crippen molar-refractivity contribution in [2.75, 3.05) is 5.23 Å².